The molecule has 3 aromatic rings. The summed E-state index contributed by atoms with van der Waals surface area (Å²) in [6, 6.07) is 17.3. The summed E-state index contributed by atoms with van der Waals surface area (Å²) in [5, 5.41) is 13.9. The van der Waals surface area contributed by atoms with Gasteiger partial charge < -0.3 is 15.4 Å². The van der Waals surface area contributed by atoms with Crippen molar-refractivity contribution in [3.8, 4) is 0 Å². The zero-order valence-corrected chi connectivity index (χ0v) is 14.6. The number of hydrogen-bond acceptors (Lipinski definition) is 3. The number of piperidine rings is 1. The number of likely N-dealkylation sites (tertiary alicyclic amines) is 1. The molecule has 1 aliphatic rings. The van der Waals surface area contributed by atoms with E-state index in [1.165, 1.54) is 0 Å². The van der Waals surface area contributed by atoms with Crippen LogP contribution in [0.15, 0.2) is 60.8 Å². The lowest BCUT2D eigenvalue weighted by Gasteiger charge is -2.35. The van der Waals surface area contributed by atoms with E-state index in [-0.39, 0.29) is 18.1 Å². The quantitative estimate of drug-likeness (QED) is 0.677. The maximum atomic E-state index is 13.2. The number of anilines is 1. The monoisotopic (exact) mass is 349 g/mol. The molecule has 1 aliphatic heterocycles. The van der Waals surface area contributed by atoms with Gasteiger partial charge in [-0.2, -0.15) is 0 Å². The Morgan fingerprint density at radius 2 is 1.85 bits per heavy atom. The normalized spacial score (nSPS) is 17.3. The third kappa shape index (κ3) is 3.36. The van der Waals surface area contributed by atoms with Gasteiger partial charge in [-0.15, -0.1) is 0 Å². The number of aromatic nitrogens is 1. The molecule has 134 valence electrons. The van der Waals surface area contributed by atoms with Crippen LogP contribution in [0.2, 0.25) is 0 Å². The summed E-state index contributed by atoms with van der Waals surface area (Å²) in [6.45, 7) is 1.42. The molecule has 0 aliphatic carbocycles. The molecule has 1 fully saturated rings. The number of rotatable bonds is 4. The van der Waals surface area contributed by atoms with Gasteiger partial charge in [-0.25, -0.2) is 0 Å². The Hall–Kier alpha value is -2.63. The number of hydrogen-bond donors (Lipinski definition) is 3. The van der Waals surface area contributed by atoms with Crippen LogP contribution in [-0.2, 0) is 4.79 Å². The fourth-order valence-corrected chi connectivity index (χ4v) is 3.70. The van der Waals surface area contributed by atoms with Gasteiger partial charge in [-0.3, -0.25) is 9.69 Å². The van der Waals surface area contributed by atoms with E-state index >= 15 is 0 Å². The average molecular weight is 349 g/mol. The van der Waals surface area contributed by atoms with E-state index in [0.29, 0.717) is 25.9 Å². The molecule has 5 nitrogen and oxygen atoms in total. The molecular weight excluding hydrogens is 326 g/mol. The molecule has 26 heavy (non-hydrogen) atoms. The van der Waals surface area contributed by atoms with Gasteiger partial charge >= 0.3 is 0 Å². The van der Waals surface area contributed by atoms with Gasteiger partial charge in [0.25, 0.3) is 0 Å². The highest BCUT2D eigenvalue weighted by molar-refractivity contribution is 6.03. The van der Waals surface area contributed by atoms with Crippen LogP contribution < -0.4 is 5.32 Å². The largest absolute Gasteiger partial charge is 0.393 e. The van der Waals surface area contributed by atoms with Crippen molar-refractivity contribution in [2.75, 3.05) is 18.4 Å². The topological polar surface area (TPSA) is 68.4 Å². The second kappa shape index (κ2) is 7.32. The zero-order chi connectivity index (χ0) is 17.9. The number of aromatic amines is 1. The maximum absolute atomic E-state index is 13.2. The van der Waals surface area contributed by atoms with Crippen molar-refractivity contribution in [3.05, 3.63) is 66.4 Å². The molecule has 1 atom stereocenters. The fraction of sp³-hybridized carbons (Fsp3) is 0.286. The van der Waals surface area contributed by atoms with Crippen molar-refractivity contribution in [2.45, 2.75) is 25.0 Å². The number of carbonyl (C=O) groups is 1. The molecule has 0 bridgehead atoms. The molecule has 2 heterocycles. The Balaban J connectivity index is 1.63. The lowest BCUT2D eigenvalue weighted by atomic mass is 9.99. The van der Waals surface area contributed by atoms with Crippen LogP contribution in [0.1, 0.15) is 24.4 Å². The Morgan fingerprint density at radius 1 is 1.08 bits per heavy atom. The summed E-state index contributed by atoms with van der Waals surface area (Å²) >= 11 is 0. The highest BCUT2D eigenvalue weighted by atomic mass is 16.3. The van der Waals surface area contributed by atoms with Crippen molar-refractivity contribution in [1.82, 2.24) is 9.88 Å². The maximum Gasteiger partial charge on any atom is 0.246 e. The standard InChI is InChI=1S/C21H23N3O2/c25-16-10-13-24(14-11-16)20(15-5-2-1-3-6-15)21(26)23-19-8-4-7-18-17(19)9-12-22-18/h1-9,12,16,20,22,25H,10-11,13-14H2,(H,23,26)/t20-/m1/s1. The number of amides is 1. The zero-order valence-electron chi connectivity index (χ0n) is 14.6. The third-order valence-electron chi connectivity index (χ3n) is 5.08. The molecule has 5 heteroatoms. The van der Waals surface area contributed by atoms with E-state index in [9.17, 15) is 9.90 Å². The van der Waals surface area contributed by atoms with E-state index in [1.54, 1.807) is 0 Å². The van der Waals surface area contributed by atoms with Crippen LogP contribution in [0.3, 0.4) is 0 Å². The smallest absolute Gasteiger partial charge is 0.246 e. The van der Waals surface area contributed by atoms with Gasteiger partial charge in [0, 0.05) is 30.2 Å². The minimum atomic E-state index is -0.363. The molecule has 1 aromatic heterocycles. The number of nitrogens with one attached hydrogen (secondary N) is 2. The first-order valence-electron chi connectivity index (χ1n) is 9.06. The van der Waals surface area contributed by atoms with E-state index in [2.05, 4.69) is 15.2 Å². The summed E-state index contributed by atoms with van der Waals surface area (Å²) < 4.78 is 0. The van der Waals surface area contributed by atoms with Crippen LogP contribution >= 0.6 is 0 Å². The number of carbonyl (C=O) groups excluding carboxylic acids is 1. The predicted molar refractivity (Wildman–Crippen MR) is 103 cm³/mol. The Morgan fingerprint density at radius 3 is 2.62 bits per heavy atom. The van der Waals surface area contributed by atoms with Crippen LogP contribution in [0, 0.1) is 0 Å². The second-order valence-electron chi connectivity index (χ2n) is 6.81. The summed E-state index contributed by atoms with van der Waals surface area (Å²) in [4.78, 5) is 18.6. The second-order valence-corrected chi connectivity index (χ2v) is 6.81. The number of H-pyrrole nitrogens is 1. The van der Waals surface area contributed by atoms with Crippen molar-refractivity contribution < 1.29 is 9.90 Å². The van der Waals surface area contributed by atoms with E-state index < -0.39 is 0 Å². The minimum absolute atomic E-state index is 0.0405. The highest BCUT2D eigenvalue weighted by Gasteiger charge is 2.30. The number of aliphatic hydroxyl groups is 1. The SMILES string of the molecule is O=C(Nc1cccc2[nH]ccc12)[C@@H](c1ccccc1)N1CCC(O)CC1. The van der Waals surface area contributed by atoms with E-state index in [4.69, 9.17) is 0 Å². The number of nitrogens with zero attached hydrogens (tertiary/aromatic N) is 1. The lowest BCUT2D eigenvalue weighted by molar-refractivity contribution is -0.122. The summed E-state index contributed by atoms with van der Waals surface area (Å²) in [5.74, 6) is -0.0405. The molecular formula is C21H23N3O2. The van der Waals surface area contributed by atoms with E-state index in [0.717, 1.165) is 22.2 Å². The van der Waals surface area contributed by atoms with Crippen molar-refractivity contribution in [2.24, 2.45) is 0 Å². The van der Waals surface area contributed by atoms with Crippen molar-refractivity contribution >= 4 is 22.5 Å². The minimum Gasteiger partial charge on any atom is -0.393 e. The van der Waals surface area contributed by atoms with Gasteiger partial charge in [0.15, 0.2) is 0 Å². The molecule has 2 aromatic carbocycles. The van der Waals surface area contributed by atoms with Gasteiger partial charge in [0.1, 0.15) is 6.04 Å². The predicted octanol–water partition coefficient (Wildman–Crippen LogP) is 3.30. The molecule has 1 amide bonds. The van der Waals surface area contributed by atoms with Gasteiger partial charge in [0.05, 0.1) is 11.8 Å². The summed E-state index contributed by atoms with van der Waals surface area (Å²) in [6.07, 6.45) is 3.01. The fourth-order valence-electron chi connectivity index (χ4n) is 3.70. The Bertz CT molecular complexity index is 882. The van der Waals surface area contributed by atoms with Crippen LogP contribution in [0.5, 0.6) is 0 Å². The van der Waals surface area contributed by atoms with Gasteiger partial charge in [-0.05, 0) is 36.6 Å². The number of aliphatic hydroxyl groups excluding tert-OH is 1. The molecule has 4 rings (SSSR count). The van der Waals surface area contributed by atoms with Crippen LogP contribution in [0.4, 0.5) is 5.69 Å². The van der Waals surface area contributed by atoms with Crippen molar-refractivity contribution in [3.63, 3.8) is 0 Å². The molecule has 0 saturated carbocycles. The summed E-state index contributed by atoms with van der Waals surface area (Å²) in [7, 11) is 0. The first-order valence-corrected chi connectivity index (χ1v) is 9.06. The van der Waals surface area contributed by atoms with Crippen LogP contribution in [-0.4, -0.2) is 40.1 Å². The number of fused-ring (bicyclic) bond motifs is 1. The molecule has 0 unspecified atom stereocenters. The number of benzene rings is 2. The van der Waals surface area contributed by atoms with Crippen LogP contribution in [0.25, 0.3) is 10.9 Å². The highest BCUT2D eigenvalue weighted by Crippen LogP contribution is 2.28. The summed E-state index contributed by atoms with van der Waals surface area (Å²) in [5.41, 5.74) is 2.79. The molecule has 1 saturated heterocycles. The molecule has 0 radical (unpaired) electrons. The lowest BCUT2D eigenvalue weighted by Crippen LogP contribution is -2.43. The van der Waals surface area contributed by atoms with Gasteiger partial charge in [-0.1, -0.05) is 36.4 Å². The Kier molecular flexibility index (Phi) is 4.73. The first-order chi connectivity index (χ1) is 12.7. The van der Waals surface area contributed by atoms with Crippen molar-refractivity contribution in [1.29, 1.82) is 0 Å². The molecule has 3 N–H and O–H groups in total. The molecule has 0 spiro atoms. The third-order valence-corrected chi connectivity index (χ3v) is 5.08. The van der Waals surface area contributed by atoms with Gasteiger partial charge in [0.2, 0.25) is 5.91 Å². The average Bonchev–Trinajstić information content (AvgIpc) is 3.14. The Labute approximate surface area is 152 Å². The van der Waals surface area contributed by atoms with E-state index in [1.807, 2.05) is 60.8 Å². The first kappa shape index (κ1) is 16.8.